The van der Waals surface area contributed by atoms with E-state index in [9.17, 15) is 4.79 Å². The van der Waals surface area contributed by atoms with E-state index in [4.69, 9.17) is 9.47 Å². The molecule has 0 saturated carbocycles. The van der Waals surface area contributed by atoms with Crippen molar-refractivity contribution in [3.63, 3.8) is 0 Å². The molecule has 1 rings (SSSR count). The molecule has 0 spiro atoms. The zero-order valence-electron chi connectivity index (χ0n) is 7.88. The van der Waals surface area contributed by atoms with Gasteiger partial charge < -0.3 is 9.47 Å². The number of carbonyl (C=O) groups is 1. The van der Waals surface area contributed by atoms with Gasteiger partial charge in [0, 0.05) is 13.0 Å². The van der Waals surface area contributed by atoms with Crippen LogP contribution in [0.15, 0.2) is 12.2 Å². The van der Waals surface area contributed by atoms with E-state index in [0.29, 0.717) is 0 Å². The van der Waals surface area contributed by atoms with Crippen molar-refractivity contribution in [3.8, 4) is 0 Å². The summed E-state index contributed by atoms with van der Waals surface area (Å²) in [5.41, 5.74) is -0.343. The van der Waals surface area contributed by atoms with Gasteiger partial charge in [0.1, 0.15) is 5.60 Å². The normalized spacial score (nSPS) is 32.0. The zero-order chi connectivity index (χ0) is 9.41. The molecule has 1 unspecified atom stereocenters. The summed E-state index contributed by atoms with van der Waals surface area (Å²) in [5, 5.41) is 0. The van der Waals surface area contributed by atoms with Crippen LogP contribution < -0.4 is 0 Å². The van der Waals surface area contributed by atoms with Crippen LogP contribution in [0.4, 0.5) is 0 Å². The van der Waals surface area contributed by atoms with Gasteiger partial charge >= 0.3 is 5.97 Å². The molecule has 12 heavy (non-hydrogen) atoms. The second kappa shape index (κ2) is 2.59. The highest BCUT2D eigenvalue weighted by Gasteiger charge is 2.64. The molecular weight excluding hydrogens is 156 g/mol. The van der Waals surface area contributed by atoms with Gasteiger partial charge in [-0.2, -0.15) is 0 Å². The molecule has 0 bridgehead atoms. The van der Waals surface area contributed by atoms with Crippen LogP contribution in [-0.4, -0.2) is 17.4 Å². The van der Waals surface area contributed by atoms with Crippen molar-refractivity contribution < 1.29 is 14.3 Å². The summed E-state index contributed by atoms with van der Waals surface area (Å²) in [7, 11) is 0. The molecule has 0 amide bonds. The van der Waals surface area contributed by atoms with Crippen molar-refractivity contribution >= 4 is 5.97 Å². The number of allylic oxidation sites excluding steroid dienone is 1. The lowest BCUT2D eigenvalue weighted by molar-refractivity contribution is -0.150. The number of esters is 1. The highest BCUT2D eigenvalue weighted by molar-refractivity contribution is 5.82. The lowest BCUT2D eigenvalue weighted by Gasteiger charge is -2.08. The Morgan fingerprint density at radius 1 is 1.42 bits per heavy atom. The van der Waals surface area contributed by atoms with Gasteiger partial charge in [0.2, 0.25) is 5.79 Å². The molecule has 68 valence electrons. The number of epoxide rings is 1. The molecule has 3 nitrogen and oxygen atoms in total. The largest absolute Gasteiger partial charge is 0.427 e. The van der Waals surface area contributed by atoms with E-state index < -0.39 is 5.79 Å². The van der Waals surface area contributed by atoms with Gasteiger partial charge in [0.05, 0.1) is 0 Å². The van der Waals surface area contributed by atoms with Gasteiger partial charge in [-0.1, -0.05) is 6.08 Å². The zero-order valence-corrected chi connectivity index (χ0v) is 7.88. The summed E-state index contributed by atoms with van der Waals surface area (Å²) in [6.07, 6.45) is 3.02. The second-order valence-corrected chi connectivity index (χ2v) is 3.48. The maximum atomic E-state index is 11.0. The third-order valence-electron chi connectivity index (χ3n) is 2.10. The summed E-state index contributed by atoms with van der Waals surface area (Å²) in [6.45, 7) is 7.29. The molecule has 1 atom stereocenters. The summed E-state index contributed by atoms with van der Waals surface area (Å²) in [6, 6.07) is 0. The summed E-state index contributed by atoms with van der Waals surface area (Å²) < 4.78 is 10.3. The van der Waals surface area contributed by atoms with Crippen LogP contribution >= 0.6 is 0 Å². The Balaban J connectivity index is 2.49. The fourth-order valence-corrected chi connectivity index (χ4v) is 0.967. The first kappa shape index (κ1) is 9.26. The topological polar surface area (TPSA) is 38.8 Å². The SMILES string of the molecule is CC=CC(=O)OC1(C)OC1(C)C. The standard InChI is InChI=1S/C9H14O3/c1-5-6-7(10)11-9(4)8(2,3)12-9/h5-6H,1-4H3. The van der Waals surface area contributed by atoms with E-state index >= 15 is 0 Å². The van der Waals surface area contributed by atoms with E-state index in [1.165, 1.54) is 6.08 Å². The Hall–Kier alpha value is -0.830. The van der Waals surface area contributed by atoms with Gasteiger partial charge in [-0.15, -0.1) is 0 Å². The monoisotopic (exact) mass is 170 g/mol. The van der Waals surface area contributed by atoms with Crippen molar-refractivity contribution in [2.75, 3.05) is 0 Å². The van der Waals surface area contributed by atoms with Crippen LogP contribution in [0.2, 0.25) is 0 Å². The Morgan fingerprint density at radius 2 is 1.92 bits per heavy atom. The van der Waals surface area contributed by atoms with E-state index in [2.05, 4.69) is 0 Å². The van der Waals surface area contributed by atoms with Crippen molar-refractivity contribution in [1.82, 2.24) is 0 Å². The average Bonchev–Trinajstić information content (AvgIpc) is 2.30. The molecule has 0 aromatic heterocycles. The quantitative estimate of drug-likeness (QED) is 0.359. The highest BCUT2D eigenvalue weighted by atomic mass is 16.8. The molecule has 1 heterocycles. The van der Waals surface area contributed by atoms with Crippen molar-refractivity contribution in [2.45, 2.75) is 39.1 Å². The third-order valence-corrected chi connectivity index (χ3v) is 2.10. The molecule has 0 aliphatic carbocycles. The molecule has 1 aliphatic heterocycles. The molecule has 1 saturated heterocycles. The summed E-state index contributed by atoms with van der Waals surface area (Å²) in [4.78, 5) is 11.0. The lowest BCUT2D eigenvalue weighted by Crippen LogP contribution is -2.23. The maximum absolute atomic E-state index is 11.0. The number of ether oxygens (including phenoxy) is 2. The van der Waals surface area contributed by atoms with Crippen molar-refractivity contribution in [2.24, 2.45) is 0 Å². The molecule has 3 heteroatoms. The first-order valence-electron chi connectivity index (χ1n) is 3.97. The molecule has 0 aromatic carbocycles. The molecule has 1 fully saturated rings. The van der Waals surface area contributed by atoms with Crippen molar-refractivity contribution in [1.29, 1.82) is 0 Å². The molecule has 0 radical (unpaired) electrons. The number of rotatable bonds is 2. The molecule has 0 N–H and O–H groups in total. The van der Waals surface area contributed by atoms with E-state index in [1.807, 2.05) is 13.8 Å². The second-order valence-electron chi connectivity index (χ2n) is 3.48. The lowest BCUT2D eigenvalue weighted by atomic mass is 10.1. The number of carbonyl (C=O) groups excluding carboxylic acids is 1. The summed E-state index contributed by atoms with van der Waals surface area (Å²) >= 11 is 0. The van der Waals surface area contributed by atoms with Crippen LogP contribution in [-0.2, 0) is 14.3 Å². The van der Waals surface area contributed by atoms with Gasteiger partial charge in [0.25, 0.3) is 0 Å². The molecular formula is C9H14O3. The van der Waals surface area contributed by atoms with Crippen LogP contribution in [0.1, 0.15) is 27.7 Å². The van der Waals surface area contributed by atoms with Crippen LogP contribution in [0.5, 0.6) is 0 Å². The highest BCUT2D eigenvalue weighted by Crippen LogP contribution is 2.47. The summed E-state index contributed by atoms with van der Waals surface area (Å²) in [5.74, 6) is -1.09. The average molecular weight is 170 g/mol. The van der Waals surface area contributed by atoms with Gasteiger partial charge in [0.15, 0.2) is 0 Å². The number of hydrogen-bond donors (Lipinski definition) is 0. The molecule has 0 aromatic rings. The van der Waals surface area contributed by atoms with Gasteiger partial charge in [-0.25, -0.2) is 4.79 Å². The first-order valence-corrected chi connectivity index (χ1v) is 3.97. The minimum atomic E-state index is -0.733. The van der Waals surface area contributed by atoms with Gasteiger partial charge in [-0.3, -0.25) is 0 Å². The number of hydrogen-bond acceptors (Lipinski definition) is 3. The third kappa shape index (κ3) is 1.50. The Morgan fingerprint density at radius 3 is 2.25 bits per heavy atom. The predicted octanol–water partition coefficient (Wildman–Crippen LogP) is 1.63. The Kier molecular flexibility index (Phi) is 2.00. The van der Waals surface area contributed by atoms with Crippen LogP contribution in [0, 0.1) is 0 Å². The predicted molar refractivity (Wildman–Crippen MR) is 44.5 cm³/mol. The smallest absolute Gasteiger partial charge is 0.333 e. The Labute approximate surface area is 72.4 Å². The van der Waals surface area contributed by atoms with E-state index in [-0.39, 0.29) is 11.6 Å². The van der Waals surface area contributed by atoms with E-state index in [0.717, 1.165) is 0 Å². The Bertz CT molecular complexity index is 230. The molecule has 1 aliphatic rings. The minimum absolute atomic E-state index is 0.343. The van der Waals surface area contributed by atoms with Gasteiger partial charge in [-0.05, 0) is 20.8 Å². The van der Waals surface area contributed by atoms with Crippen molar-refractivity contribution in [3.05, 3.63) is 12.2 Å². The minimum Gasteiger partial charge on any atom is -0.427 e. The van der Waals surface area contributed by atoms with E-state index in [1.54, 1.807) is 19.9 Å². The fourth-order valence-electron chi connectivity index (χ4n) is 0.967. The maximum Gasteiger partial charge on any atom is 0.333 e. The van der Waals surface area contributed by atoms with Crippen LogP contribution in [0.25, 0.3) is 0 Å². The fraction of sp³-hybridized carbons (Fsp3) is 0.667. The first-order chi connectivity index (χ1) is 5.41. The van der Waals surface area contributed by atoms with Crippen LogP contribution in [0.3, 0.4) is 0 Å².